The van der Waals surface area contributed by atoms with Crippen molar-refractivity contribution in [3.05, 3.63) is 35.7 Å². The van der Waals surface area contributed by atoms with Gasteiger partial charge in [-0.15, -0.1) is 0 Å². The molecule has 0 saturated carbocycles. The lowest BCUT2D eigenvalue weighted by Crippen LogP contribution is -2.34. The Balaban J connectivity index is 1.45. The summed E-state index contributed by atoms with van der Waals surface area (Å²) in [4.78, 5) is 24.1. The fourth-order valence-electron chi connectivity index (χ4n) is 3.98. The van der Waals surface area contributed by atoms with E-state index < -0.39 is 0 Å². The maximum Gasteiger partial charge on any atom is 0.263 e. The molecule has 1 unspecified atom stereocenters. The molecule has 8 heteroatoms. The molecule has 0 aliphatic carbocycles. The molecule has 0 spiro atoms. The quantitative estimate of drug-likeness (QED) is 0.606. The molecule has 0 aromatic carbocycles. The summed E-state index contributed by atoms with van der Waals surface area (Å²) < 4.78 is 10.8. The Morgan fingerprint density at radius 3 is 2.83 bits per heavy atom. The zero-order chi connectivity index (χ0) is 20.9. The molecule has 1 saturated heterocycles. The van der Waals surface area contributed by atoms with E-state index in [9.17, 15) is 4.79 Å². The number of carbonyl (C=O) groups excluding carboxylic acids is 1. The van der Waals surface area contributed by atoms with Crippen LogP contribution >= 0.6 is 0 Å². The predicted octanol–water partition coefficient (Wildman–Crippen LogP) is 3.44. The standard InChI is InChI=1S/C22H29N5O3/c1-3-17-20-21(27-11-5-4-6-12-27)24-18(25-22(20)30-26-17)9-10-19(28)23-15(2)14-16-8-7-13-29-16/h7-8,13,15H,3-6,9-12,14H2,1-2H3,(H,23,28). The number of carbonyl (C=O) groups is 1. The minimum absolute atomic E-state index is 0.00246. The molecular weight excluding hydrogens is 382 g/mol. The van der Waals surface area contributed by atoms with Gasteiger partial charge in [0.2, 0.25) is 5.91 Å². The maximum atomic E-state index is 12.4. The van der Waals surface area contributed by atoms with Crippen molar-refractivity contribution in [3.8, 4) is 0 Å². The SMILES string of the molecule is CCc1noc2nc(CCC(=O)NC(C)Cc3ccco3)nc(N3CCCCC3)c12. The third-order valence-corrected chi connectivity index (χ3v) is 5.49. The van der Waals surface area contributed by atoms with Gasteiger partial charge in [-0.2, -0.15) is 4.98 Å². The van der Waals surface area contributed by atoms with Crippen molar-refractivity contribution in [2.75, 3.05) is 18.0 Å². The summed E-state index contributed by atoms with van der Waals surface area (Å²) >= 11 is 0. The number of furan rings is 1. The normalized spacial score (nSPS) is 15.5. The number of hydrogen-bond acceptors (Lipinski definition) is 7. The van der Waals surface area contributed by atoms with Gasteiger partial charge in [-0.3, -0.25) is 4.79 Å². The lowest BCUT2D eigenvalue weighted by atomic mass is 10.1. The Kier molecular flexibility index (Phi) is 6.30. The van der Waals surface area contributed by atoms with E-state index in [1.165, 1.54) is 6.42 Å². The van der Waals surface area contributed by atoms with Crippen molar-refractivity contribution in [1.29, 1.82) is 0 Å². The van der Waals surface area contributed by atoms with Gasteiger partial charge < -0.3 is 19.2 Å². The minimum Gasteiger partial charge on any atom is -0.469 e. The Labute approximate surface area is 176 Å². The molecule has 3 aromatic rings. The molecule has 1 fully saturated rings. The van der Waals surface area contributed by atoms with E-state index in [2.05, 4.69) is 27.3 Å². The third kappa shape index (κ3) is 4.63. The molecule has 4 heterocycles. The van der Waals surface area contributed by atoms with Crippen LogP contribution in [0.5, 0.6) is 0 Å². The largest absolute Gasteiger partial charge is 0.469 e. The van der Waals surface area contributed by atoms with Crippen molar-refractivity contribution >= 4 is 22.8 Å². The summed E-state index contributed by atoms with van der Waals surface area (Å²) in [6, 6.07) is 3.76. The van der Waals surface area contributed by atoms with E-state index in [0.717, 1.165) is 55.0 Å². The van der Waals surface area contributed by atoms with Crippen LogP contribution in [-0.2, 0) is 24.1 Å². The van der Waals surface area contributed by atoms with E-state index >= 15 is 0 Å². The van der Waals surface area contributed by atoms with Crippen molar-refractivity contribution in [2.24, 2.45) is 0 Å². The van der Waals surface area contributed by atoms with Crippen LogP contribution in [0, 0.1) is 0 Å². The van der Waals surface area contributed by atoms with Crippen LogP contribution in [-0.4, -0.2) is 40.2 Å². The molecule has 160 valence electrons. The van der Waals surface area contributed by atoms with Gasteiger partial charge in [0.1, 0.15) is 22.8 Å². The van der Waals surface area contributed by atoms with Gasteiger partial charge in [0.05, 0.1) is 12.0 Å². The Bertz CT molecular complexity index is 976. The van der Waals surface area contributed by atoms with Crippen LogP contribution in [0.15, 0.2) is 27.3 Å². The second kappa shape index (κ2) is 9.28. The van der Waals surface area contributed by atoms with Gasteiger partial charge in [-0.25, -0.2) is 4.98 Å². The van der Waals surface area contributed by atoms with Gasteiger partial charge in [0, 0.05) is 38.4 Å². The van der Waals surface area contributed by atoms with Gasteiger partial charge in [-0.05, 0) is 44.7 Å². The lowest BCUT2D eigenvalue weighted by molar-refractivity contribution is -0.121. The molecule has 4 rings (SSSR count). The summed E-state index contributed by atoms with van der Waals surface area (Å²) in [7, 11) is 0. The first-order valence-corrected chi connectivity index (χ1v) is 10.9. The van der Waals surface area contributed by atoms with Gasteiger partial charge >= 0.3 is 0 Å². The first-order valence-electron chi connectivity index (χ1n) is 10.9. The highest BCUT2D eigenvalue weighted by molar-refractivity contribution is 5.88. The zero-order valence-electron chi connectivity index (χ0n) is 17.7. The van der Waals surface area contributed by atoms with Crippen molar-refractivity contribution in [2.45, 2.75) is 64.8 Å². The van der Waals surface area contributed by atoms with E-state index in [1.807, 2.05) is 19.1 Å². The molecule has 0 bridgehead atoms. The monoisotopic (exact) mass is 411 g/mol. The Hall–Kier alpha value is -2.90. The molecule has 30 heavy (non-hydrogen) atoms. The number of amides is 1. The number of aromatic nitrogens is 3. The average Bonchev–Trinajstić information content (AvgIpc) is 3.41. The summed E-state index contributed by atoms with van der Waals surface area (Å²) in [6.45, 7) is 5.98. The highest BCUT2D eigenvalue weighted by Gasteiger charge is 2.22. The van der Waals surface area contributed by atoms with Crippen LogP contribution in [0.3, 0.4) is 0 Å². The number of rotatable bonds is 8. The van der Waals surface area contributed by atoms with Crippen LogP contribution in [0.2, 0.25) is 0 Å². The molecular formula is C22H29N5O3. The van der Waals surface area contributed by atoms with E-state index in [-0.39, 0.29) is 11.9 Å². The van der Waals surface area contributed by atoms with Crippen LogP contribution in [0.4, 0.5) is 5.82 Å². The van der Waals surface area contributed by atoms with E-state index in [0.29, 0.717) is 30.8 Å². The van der Waals surface area contributed by atoms with Crippen LogP contribution in [0.25, 0.3) is 11.1 Å². The van der Waals surface area contributed by atoms with Gasteiger partial charge in [0.25, 0.3) is 5.71 Å². The smallest absolute Gasteiger partial charge is 0.263 e. The highest BCUT2D eigenvalue weighted by Crippen LogP contribution is 2.29. The lowest BCUT2D eigenvalue weighted by Gasteiger charge is -2.28. The third-order valence-electron chi connectivity index (χ3n) is 5.49. The molecule has 3 aromatic heterocycles. The number of hydrogen-bond donors (Lipinski definition) is 1. The van der Waals surface area contributed by atoms with Gasteiger partial charge in [-0.1, -0.05) is 12.1 Å². The predicted molar refractivity (Wildman–Crippen MR) is 113 cm³/mol. The second-order valence-electron chi connectivity index (χ2n) is 7.93. The van der Waals surface area contributed by atoms with Crippen molar-refractivity contribution in [3.63, 3.8) is 0 Å². The number of fused-ring (bicyclic) bond motifs is 1. The van der Waals surface area contributed by atoms with Crippen molar-refractivity contribution < 1.29 is 13.7 Å². The first-order chi connectivity index (χ1) is 14.6. The number of nitrogens with one attached hydrogen (secondary N) is 1. The topological polar surface area (TPSA) is 97.3 Å². The molecule has 1 atom stereocenters. The number of piperidine rings is 1. The van der Waals surface area contributed by atoms with Gasteiger partial charge in [0.15, 0.2) is 0 Å². The average molecular weight is 412 g/mol. The van der Waals surface area contributed by atoms with Crippen molar-refractivity contribution in [1.82, 2.24) is 20.4 Å². The number of anilines is 1. The Morgan fingerprint density at radius 1 is 1.27 bits per heavy atom. The molecule has 8 nitrogen and oxygen atoms in total. The van der Waals surface area contributed by atoms with Crippen LogP contribution in [0.1, 0.15) is 56.8 Å². The number of nitrogens with zero attached hydrogens (tertiary/aromatic N) is 4. The second-order valence-corrected chi connectivity index (χ2v) is 7.93. The zero-order valence-corrected chi connectivity index (χ0v) is 17.7. The molecule has 1 aliphatic heterocycles. The summed E-state index contributed by atoms with van der Waals surface area (Å²) in [5.74, 6) is 2.36. The van der Waals surface area contributed by atoms with E-state index in [1.54, 1.807) is 6.26 Å². The highest BCUT2D eigenvalue weighted by atomic mass is 16.5. The molecule has 1 aliphatic rings. The number of aryl methyl sites for hydroxylation is 2. The summed E-state index contributed by atoms with van der Waals surface area (Å²) in [5.41, 5.74) is 1.41. The summed E-state index contributed by atoms with van der Waals surface area (Å²) in [5, 5.41) is 8.12. The molecule has 1 N–H and O–H groups in total. The summed E-state index contributed by atoms with van der Waals surface area (Å²) in [6.07, 6.45) is 7.42. The molecule has 1 amide bonds. The molecule has 0 radical (unpaired) electrons. The Morgan fingerprint density at radius 2 is 2.10 bits per heavy atom. The fraction of sp³-hybridized carbons (Fsp3) is 0.545. The minimum atomic E-state index is -0.0240. The fourth-order valence-corrected chi connectivity index (χ4v) is 3.98. The van der Waals surface area contributed by atoms with E-state index in [4.69, 9.17) is 13.9 Å². The first kappa shape index (κ1) is 20.4. The maximum absolute atomic E-state index is 12.4. The van der Waals surface area contributed by atoms with Crippen LogP contribution < -0.4 is 10.2 Å².